The van der Waals surface area contributed by atoms with Crippen molar-refractivity contribution in [3.8, 4) is 0 Å². The number of nitrogens with one attached hydrogen (secondary N) is 2. The van der Waals surface area contributed by atoms with Crippen LogP contribution in [0.4, 0.5) is 13.2 Å². The lowest BCUT2D eigenvalue weighted by Crippen LogP contribution is -2.49. The molecule has 14 heteroatoms. The summed E-state index contributed by atoms with van der Waals surface area (Å²) in [4.78, 5) is 30.2. The van der Waals surface area contributed by atoms with Crippen molar-refractivity contribution < 1.29 is 31.2 Å². The van der Waals surface area contributed by atoms with Crippen LogP contribution in [-0.2, 0) is 20.8 Å². The standard InChI is InChI=1S/C25H30F3N5O4S2/c1-38-19-6-8-20(9-7-19)39(36,37)14-16-12-18(32-24(29)30)5-10-21(16)33-22(34)13-31-23(35)15-3-2-4-17(11-15)25(26,27)28/h2-4,6-9,11,16,18,21H,5,10,12-14H2,1H3,(H,31,35)(H,33,34)(H4,29,30,32)/t16-,18+,21+/m1/s1. The van der Waals surface area contributed by atoms with E-state index in [1.165, 1.54) is 30.0 Å². The highest BCUT2D eigenvalue weighted by atomic mass is 32.2. The van der Waals surface area contributed by atoms with Crippen molar-refractivity contribution in [1.82, 2.24) is 10.6 Å². The van der Waals surface area contributed by atoms with E-state index in [2.05, 4.69) is 15.6 Å². The molecule has 1 fully saturated rings. The van der Waals surface area contributed by atoms with Crippen LogP contribution >= 0.6 is 11.8 Å². The maximum absolute atomic E-state index is 13.2. The summed E-state index contributed by atoms with van der Waals surface area (Å²) in [5.74, 6) is -2.36. The van der Waals surface area contributed by atoms with E-state index >= 15 is 0 Å². The van der Waals surface area contributed by atoms with Gasteiger partial charge in [0.2, 0.25) is 5.91 Å². The first-order valence-electron chi connectivity index (χ1n) is 12.0. The summed E-state index contributed by atoms with van der Waals surface area (Å²) < 4.78 is 65.2. The average molecular weight is 586 g/mol. The van der Waals surface area contributed by atoms with Crippen LogP contribution in [0.25, 0.3) is 0 Å². The van der Waals surface area contributed by atoms with Gasteiger partial charge in [-0.1, -0.05) is 6.07 Å². The van der Waals surface area contributed by atoms with E-state index in [-0.39, 0.29) is 28.2 Å². The molecule has 2 amide bonds. The van der Waals surface area contributed by atoms with Gasteiger partial charge in [-0.2, -0.15) is 13.2 Å². The Bertz CT molecular complexity index is 1310. The number of rotatable bonds is 9. The average Bonchev–Trinajstić information content (AvgIpc) is 2.88. The van der Waals surface area contributed by atoms with Crippen molar-refractivity contribution in [3.63, 3.8) is 0 Å². The third-order valence-corrected chi connectivity index (χ3v) is 8.95. The monoisotopic (exact) mass is 585 g/mol. The fourth-order valence-corrected chi connectivity index (χ4v) is 6.54. The number of guanidine groups is 1. The summed E-state index contributed by atoms with van der Waals surface area (Å²) in [5.41, 5.74) is 9.80. The molecular formula is C25H30F3N5O4S2. The largest absolute Gasteiger partial charge is 0.416 e. The Morgan fingerprint density at radius 3 is 2.41 bits per heavy atom. The molecule has 212 valence electrons. The number of alkyl halides is 3. The second-order valence-electron chi connectivity index (χ2n) is 9.17. The molecule has 2 aromatic carbocycles. The van der Waals surface area contributed by atoms with E-state index in [9.17, 15) is 31.2 Å². The predicted octanol–water partition coefficient (Wildman–Crippen LogP) is 2.56. The number of hydrogen-bond donors (Lipinski definition) is 4. The molecule has 0 spiro atoms. The van der Waals surface area contributed by atoms with Gasteiger partial charge in [-0.15, -0.1) is 11.8 Å². The van der Waals surface area contributed by atoms with Gasteiger partial charge < -0.3 is 22.1 Å². The number of aliphatic imine (C=N–C) groups is 1. The maximum Gasteiger partial charge on any atom is 0.416 e. The molecule has 1 aliphatic carbocycles. The number of amides is 2. The molecule has 3 atom stereocenters. The molecule has 9 nitrogen and oxygen atoms in total. The van der Waals surface area contributed by atoms with E-state index in [1.807, 2.05) is 6.26 Å². The van der Waals surface area contributed by atoms with Crippen LogP contribution in [0.3, 0.4) is 0 Å². The maximum atomic E-state index is 13.2. The Morgan fingerprint density at radius 2 is 1.79 bits per heavy atom. The first-order valence-corrected chi connectivity index (χ1v) is 14.9. The smallest absolute Gasteiger partial charge is 0.370 e. The number of nitrogens with zero attached hydrogens (tertiary/aromatic N) is 1. The van der Waals surface area contributed by atoms with E-state index in [4.69, 9.17) is 11.5 Å². The topological polar surface area (TPSA) is 157 Å². The summed E-state index contributed by atoms with van der Waals surface area (Å²) >= 11 is 1.48. The molecule has 2 aromatic rings. The van der Waals surface area contributed by atoms with Crippen molar-refractivity contribution >= 4 is 39.4 Å². The molecule has 0 unspecified atom stereocenters. The summed E-state index contributed by atoms with van der Waals surface area (Å²) in [5, 5.41) is 5.07. The molecule has 0 aliphatic heterocycles. The van der Waals surface area contributed by atoms with Crippen LogP contribution < -0.4 is 22.1 Å². The van der Waals surface area contributed by atoms with Crippen molar-refractivity contribution in [2.45, 2.75) is 47.3 Å². The Morgan fingerprint density at radius 1 is 1.10 bits per heavy atom. The number of sulfone groups is 1. The van der Waals surface area contributed by atoms with E-state index in [0.29, 0.717) is 25.3 Å². The molecule has 0 aromatic heterocycles. The first-order chi connectivity index (χ1) is 18.3. The summed E-state index contributed by atoms with van der Waals surface area (Å²) in [6.07, 6.45) is -1.54. The molecule has 0 heterocycles. The number of carbonyl (C=O) groups is 2. The van der Waals surface area contributed by atoms with E-state index < -0.39 is 51.9 Å². The van der Waals surface area contributed by atoms with Crippen LogP contribution in [0.5, 0.6) is 0 Å². The van der Waals surface area contributed by atoms with E-state index in [1.54, 1.807) is 12.1 Å². The number of thioether (sulfide) groups is 1. The molecule has 6 N–H and O–H groups in total. The van der Waals surface area contributed by atoms with Crippen molar-refractivity contribution in [2.75, 3.05) is 18.6 Å². The highest BCUT2D eigenvalue weighted by Gasteiger charge is 2.35. The van der Waals surface area contributed by atoms with Crippen molar-refractivity contribution in [2.24, 2.45) is 22.4 Å². The first kappa shape index (κ1) is 30.3. The minimum Gasteiger partial charge on any atom is -0.370 e. The zero-order valence-electron chi connectivity index (χ0n) is 21.1. The van der Waals surface area contributed by atoms with Crippen molar-refractivity contribution in [1.29, 1.82) is 0 Å². The molecular weight excluding hydrogens is 555 g/mol. The van der Waals surface area contributed by atoms with Gasteiger partial charge in [-0.05, 0) is 73.9 Å². The van der Waals surface area contributed by atoms with Crippen LogP contribution in [0.2, 0.25) is 0 Å². The van der Waals surface area contributed by atoms with E-state index in [0.717, 1.165) is 17.0 Å². The fourth-order valence-electron chi connectivity index (χ4n) is 4.46. The SMILES string of the molecule is CSc1ccc(S(=O)(=O)C[C@H]2C[C@@H](N=C(N)N)CC[C@@H]2NC(=O)CNC(=O)c2cccc(C(F)(F)F)c2)cc1. The number of benzene rings is 2. The number of hydrogen-bond acceptors (Lipinski definition) is 6. The lowest BCUT2D eigenvalue weighted by molar-refractivity contribution is -0.137. The minimum atomic E-state index is -4.61. The summed E-state index contributed by atoms with van der Waals surface area (Å²) in [6, 6.07) is 9.49. The molecule has 39 heavy (non-hydrogen) atoms. The third-order valence-electron chi connectivity index (χ3n) is 6.35. The Kier molecular flexibility index (Phi) is 9.88. The van der Waals surface area contributed by atoms with Gasteiger partial charge in [0.05, 0.1) is 28.8 Å². The van der Waals surface area contributed by atoms with Crippen LogP contribution in [0, 0.1) is 5.92 Å². The van der Waals surface area contributed by atoms with Gasteiger partial charge in [0, 0.05) is 16.5 Å². The van der Waals surface area contributed by atoms with Crippen LogP contribution in [0.1, 0.15) is 35.2 Å². The highest BCUT2D eigenvalue weighted by molar-refractivity contribution is 7.98. The Hall–Kier alpha value is -3.26. The zero-order valence-corrected chi connectivity index (χ0v) is 22.7. The molecule has 0 saturated heterocycles. The van der Waals surface area contributed by atoms with Gasteiger partial charge >= 0.3 is 6.18 Å². The van der Waals surface area contributed by atoms with Crippen LogP contribution in [0.15, 0.2) is 63.3 Å². The predicted molar refractivity (Wildman–Crippen MR) is 143 cm³/mol. The number of nitrogens with two attached hydrogens (primary N) is 2. The molecule has 1 saturated carbocycles. The second kappa shape index (κ2) is 12.7. The quantitative estimate of drug-likeness (QED) is 0.200. The normalized spacial score (nSPS) is 19.6. The van der Waals surface area contributed by atoms with Crippen molar-refractivity contribution in [3.05, 3.63) is 59.7 Å². The molecule has 1 aliphatic rings. The number of carbonyl (C=O) groups excluding carboxylic acids is 2. The van der Waals surface area contributed by atoms with Crippen LogP contribution in [-0.4, -0.2) is 56.8 Å². The van der Waals surface area contributed by atoms with Gasteiger partial charge in [-0.3, -0.25) is 14.6 Å². The number of halogens is 3. The molecule has 3 rings (SSSR count). The lowest BCUT2D eigenvalue weighted by atomic mass is 9.82. The van der Waals surface area contributed by atoms with Gasteiger partial charge in [0.1, 0.15) is 0 Å². The zero-order chi connectivity index (χ0) is 28.8. The fraction of sp³-hybridized carbons (Fsp3) is 0.400. The van der Waals surface area contributed by atoms with Gasteiger partial charge in [-0.25, -0.2) is 8.42 Å². The molecule has 0 radical (unpaired) electrons. The molecule has 0 bridgehead atoms. The Labute approximate surface area is 228 Å². The summed E-state index contributed by atoms with van der Waals surface area (Å²) in [6.45, 7) is -0.501. The third kappa shape index (κ3) is 8.62. The minimum absolute atomic E-state index is 0.117. The second-order valence-corrected chi connectivity index (χ2v) is 12.1. The highest BCUT2D eigenvalue weighted by Crippen LogP contribution is 2.31. The Balaban J connectivity index is 1.68. The summed E-state index contributed by atoms with van der Waals surface area (Å²) in [7, 11) is -3.72. The van der Waals surface area contributed by atoms with Gasteiger partial charge in [0.25, 0.3) is 5.91 Å². The lowest BCUT2D eigenvalue weighted by Gasteiger charge is -2.35. The van der Waals surface area contributed by atoms with Gasteiger partial charge in [0.15, 0.2) is 15.8 Å².